The summed E-state index contributed by atoms with van der Waals surface area (Å²) in [6, 6.07) is 62.0. The lowest BCUT2D eigenvalue weighted by Gasteiger charge is -2.29. The molecule has 9 aromatic rings. The molecular formula is C58H43NS. The number of allylic oxidation sites excluding steroid dienone is 10. The zero-order valence-corrected chi connectivity index (χ0v) is 34.3. The Labute approximate surface area is 356 Å². The number of rotatable bonds is 9. The van der Waals surface area contributed by atoms with E-state index in [1.807, 2.05) is 11.3 Å². The molecule has 0 saturated carbocycles. The standard InChI is InChI=1S/C58H43NS/c1-2-18-46(26-16-19-41-33-35-48(43-22-8-5-9-23-43)53(39-41)45-34-38-58-54(40-45)52-30-14-15-32-57(52)60-58)59(55-31-17-25-44-24-10-11-27-49(44)55)56-37-36-47(42-20-6-3-4-7-21-42)50-28-12-13-29-51(50)56/h2-3,5-40H,4H2,1H3/b18-2-,19-16+,46-26+. The minimum atomic E-state index is 0.941. The molecule has 0 bridgehead atoms. The highest BCUT2D eigenvalue weighted by Gasteiger charge is 2.20. The third kappa shape index (κ3) is 7.12. The van der Waals surface area contributed by atoms with Gasteiger partial charge in [-0.05, 0) is 112 Å². The summed E-state index contributed by atoms with van der Waals surface area (Å²) in [5.74, 6) is 0. The summed E-state index contributed by atoms with van der Waals surface area (Å²) in [5, 5.41) is 7.44. The molecule has 8 aromatic carbocycles. The van der Waals surface area contributed by atoms with Crippen molar-refractivity contribution in [1.82, 2.24) is 0 Å². The van der Waals surface area contributed by atoms with Gasteiger partial charge in [0.15, 0.2) is 0 Å². The van der Waals surface area contributed by atoms with Crippen molar-refractivity contribution in [3.05, 3.63) is 241 Å². The lowest BCUT2D eigenvalue weighted by Crippen LogP contribution is -2.16. The molecule has 0 unspecified atom stereocenters. The molecule has 0 spiro atoms. The predicted molar refractivity (Wildman–Crippen MR) is 263 cm³/mol. The van der Waals surface area contributed by atoms with Crippen LogP contribution in [-0.2, 0) is 0 Å². The summed E-state index contributed by atoms with van der Waals surface area (Å²) < 4.78 is 2.63. The van der Waals surface area contributed by atoms with E-state index in [4.69, 9.17) is 0 Å². The van der Waals surface area contributed by atoms with Crippen LogP contribution in [0.3, 0.4) is 0 Å². The van der Waals surface area contributed by atoms with E-state index in [1.165, 1.54) is 75.1 Å². The van der Waals surface area contributed by atoms with Crippen LogP contribution in [0.15, 0.2) is 230 Å². The topological polar surface area (TPSA) is 3.24 Å². The Bertz CT molecular complexity index is 3240. The van der Waals surface area contributed by atoms with Crippen LogP contribution >= 0.6 is 11.3 Å². The summed E-state index contributed by atoms with van der Waals surface area (Å²) in [7, 11) is 0. The van der Waals surface area contributed by atoms with Crippen molar-refractivity contribution in [2.75, 3.05) is 4.90 Å². The lowest BCUT2D eigenvalue weighted by molar-refractivity contribution is 1.23. The average molecular weight is 786 g/mol. The Morgan fingerprint density at radius 2 is 1.28 bits per heavy atom. The first-order valence-corrected chi connectivity index (χ1v) is 21.5. The molecule has 0 saturated heterocycles. The van der Waals surface area contributed by atoms with Gasteiger partial charge in [0.1, 0.15) is 0 Å². The number of thiophene rings is 1. The molecule has 10 rings (SSSR count). The van der Waals surface area contributed by atoms with Gasteiger partial charge < -0.3 is 4.90 Å². The minimum Gasteiger partial charge on any atom is -0.309 e. The van der Waals surface area contributed by atoms with Crippen molar-refractivity contribution in [3.8, 4) is 22.3 Å². The van der Waals surface area contributed by atoms with Crippen LogP contribution in [0.1, 0.15) is 24.5 Å². The maximum atomic E-state index is 2.43. The van der Waals surface area contributed by atoms with Gasteiger partial charge in [-0.1, -0.05) is 182 Å². The monoisotopic (exact) mass is 785 g/mol. The molecular weight excluding hydrogens is 743 g/mol. The molecule has 1 nitrogen and oxygen atoms in total. The van der Waals surface area contributed by atoms with E-state index in [9.17, 15) is 0 Å². The molecule has 0 fully saturated rings. The normalized spacial score (nSPS) is 13.3. The van der Waals surface area contributed by atoms with Gasteiger partial charge in [0.2, 0.25) is 0 Å². The molecule has 60 heavy (non-hydrogen) atoms. The third-order valence-electron chi connectivity index (χ3n) is 11.4. The highest BCUT2D eigenvalue weighted by molar-refractivity contribution is 7.25. The molecule has 0 atom stereocenters. The van der Waals surface area contributed by atoms with E-state index < -0.39 is 0 Å². The molecule has 286 valence electrons. The van der Waals surface area contributed by atoms with Crippen molar-refractivity contribution in [2.24, 2.45) is 0 Å². The molecule has 1 aliphatic carbocycles. The molecule has 2 heteroatoms. The first kappa shape index (κ1) is 37.0. The molecule has 1 aromatic heterocycles. The second-order valence-electron chi connectivity index (χ2n) is 15.1. The summed E-state index contributed by atoms with van der Waals surface area (Å²) in [4.78, 5) is 2.43. The fourth-order valence-electron chi connectivity index (χ4n) is 8.60. The first-order chi connectivity index (χ1) is 29.7. The van der Waals surface area contributed by atoms with E-state index in [0.717, 1.165) is 29.1 Å². The Kier molecular flexibility index (Phi) is 10.2. The van der Waals surface area contributed by atoms with Crippen LogP contribution in [0.5, 0.6) is 0 Å². The van der Waals surface area contributed by atoms with E-state index in [2.05, 4.69) is 242 Å². The van der Waals surface area contributed by atoms with E-state index in [0.29, 0.717) is 0 Å². The quantitative estimate of drug-likeness (QED) is 0.132. The van der Waals surface area contributed by atoms with E-state index in [-0.39, 0.29) is 0 Å². The van der Waals surface area contributed by atoms with Crippen LogP contribution in [0.2, 0.25) is 0 Å². The zero-order valence-electron chi connectivity index (χ0n) is 33.5. The molecule has 0 radical (unpaired) electrons. The average Bonchev–Trinajstić information content (AvgIpc) is 3.45. The van der Waals surface area contributed by atoms with Gasteiger partial charge in [0, 0.05) is 36.6 Å². The number of hydrogen-bond donors (Lipinski definition) is 0. The van der Waals surface area contributed by atoms with Gasteiger partial charge >= 0.3 is 0 Å². The third-order valence-corrected chi connectivity index (χ3v) is 12.6. The number of anilines is 2. The number of nitrogens with zero attached hydrogens (tertiary/aromatic N) is 1. The van der Waals surface area contributed by atoms with Gasteiger partial charge in [-0.3, -0.25) is 0 Å². The molecule has 0 aliphatic heterocycles. The highest BCUT2D eigenvalue weighted by atomic mass is 32.1. The molecule has 1 aliphatic rings. The van der Waals surface area contributed by atoms with Crippen molar-refractivity contribution in [2.45, 2.75) is 13.3 Å². The lowest BCUT2D eigenvalue weighted by atomic mass is 9.92. The molecule has 1 heterocycles. The zero-order chi connectivity index (χ0) is 40.3. The van der Waals surface area contributed by atoms with Crippen LogP contribution < -0.4 is 4.90 Å². The largest absolute Gasteiger partial charge is 0.309 e. The predicted octanol–water partition coefficient (Wildman–Crippen LogP) is 16.9. The molecule has 0 N–H and O–H groups in total. The van der Waals surface area contributed by atoms with Crippen molar-refractivity contribution < 1.29 is 0 Å². The Balaban J connectivity index is 1.11. The fraction of sp³-hybridized carbons (Fsp3) is 0.0345. The van der Waals surface area contributed by atoms with E-state index >= 15 is 0 Å². The van der Waals surface area contributed by atoms with Crippen molar-refractivity contribution >= 4 is 76.1 Å². The second kappa shape index (κ2) is 16.5. The molecule has 0 amide bonds. The van der Waals surface area contributed by atoms with E-state index in [1.54, 1.807) is 0 Å². The Morgan fingerprint density at radius 1 is 0.550 bits per heavy atom. The number of benzene rings is 8. The smallest absolute Gasteiger partial charge is 0.0540 e. The summed E-state index contributed by atoms with van der Waals surface area (Å²) >= 11 is 1.86. The summed E-state index contributed by atoms with van der Waals surface area (Å²) in [6.45, 7) is 2.10. The summed E-state index contributed by atoms with van der Waals surface area (Å²) in [5.41, 5.74) is 11.8. The van der Waals surface area contributed by atoms with Crippen LogP contribution in [-0.4, -0.2) is 0 Å². The first-order valence-electron chi connectivity index (χ1n) is 20.7. The Hall–Kier alpha value is -7.26. The van der Waals surface area contributed by atoms with Gasteiger partial charge in [0.05, 0.1) is 11.4 Å². The maximum absolute atomic E-state index is 2.43. The maximum Gasteiger partial charge on any atom is 0.0540 e. The van der Waals surface area contributed by atoms with Crippen LogP contribution in [0.4, 0.5) is 11.4 Å². The van der Waals surface area contributed by atoms with Crippen molar-refractivity contribution in [1.29, 1.82) is 0 Å². The number of hydrogen-bond acceptors (Lipinski definition) is 2. The van der Waals surface area contributed by atoms with Gasteiger partial charge in [-0.15, -0.1) is 11.3 Å². The second-order valence-corrected chi connectivity index (χ2v) is 16.2. The van der Waals surface area contributed by atoms with Gasteiger partial charge in [0.25, 0.3) is 0 Å². The minimum absolute atomic E-state index is 0.941. The highest BCUT2D eigenvalue weighted by Crippen LogP contribution is 2.43. The summed E-state index contributed by atoms with van der Waals surface area (Å²) in [6.07, 6.45) is 23.1. The Morgan fingerprint density at radius 3 is 2.17 bits per heavy atom. The van der Waals surface area contributed by atoms with Crippen LogP contribution in [0, 0.1) is 0 Å². The van der Waals surface area contributed by atoms with Gasteiger partial charge in [-0.2, -0.15) is 0 Å². The fourth-order valence-corrected chi connectivity index (χ4v) is 9.69. The van der Waals surface area contributed by atoms with Gasteiger partial charge in [-0.25, -0.2) is 0 Å². The SMILES string of the molecule is C\C=C/C(=C\C=C\c1ccc(-c2ccccc2)c(-c2ccc3sc4ccccc4c3c2)c1)N(c1cccc2ccccc12)c1ccc(C2=CC=CCC=C2)c2ccccc12. The number of fused-ring (bicyclic) bond motifs is 5. The van der Waals surface area contributed by atoms with Crippen LogP contribution in [0.25, 0.3) is 75.6 Å². The van der Waals surface area contributed by atoms with Crippen molar-refractivity contribution in [3.63, 3.8) is 0 Å².